The molecular weight excluding hydrogens is 295 g/mol. The van der Waals surface area contributed by atoms with E-state index >= 15 is 0 Å². The van der Waals surface area contributed by atoms with Crippen LogP contribution in [0.4, 0.5) is 0 Å². The second-order valence-electron chi connectivity index (χ2n) is 4.46. The Hall–Kier alpha value is -1.13. The fourth-order valence-electron chi connectivity index (χ4n) is 1.88. The minimum absolute atomic E-state index is 0.424. The van der Waals surface area contributed by atoms with Gasteiger partial charge in [-0.05, 0) is 30.3 Å². The van der Waals surface area contributed by atoms with Crippen molar-refractivity contribution in [2.45, 2.75) is 12.5 Å². The number of rotatable bonds is 6. The summed E-state index contributed by atoms with van der Waals surface area (Å²) in [6.45, 7) is 1.17. The average Bonchev–Trinajstić information content (AvgIpc) is 2.47. The number of hydrogen-bond acceptors (Lipinski definition) is 3. The molecule has 1 unspecified atom stereocenters. The summed E-state index contributed by atoms with van der Waals surface area (Å²) in [4.78, 5) is 4.24. The van der Waals surface area contributed by atoms with Crippen LogP contribution in [0.1, 0.15) is 17.4 Å². The quantitative estimate of drug-likeness (QED) is 0.805. The van der Waals surface area contributed by atoms with Crippen LogP contribution >= 0.6 is 23.2 Å². The zero-order valence-corrected chi connectivity index (χ0v) is 12.4. The predicted octanol–water partition coefficient (Wildman–Crippen LogP) is 3.25. The Bertz CT molecular complexity index is 549. The lowest BCUT2D eigenvalue weighted by molar-refractivity contribution is 0.175. The van der Waals surface area contributed by atoms with Gasteiger partial charge in [0, 0.05) is 47.0 Å². The molecule has 0 aliphatic rings. The maximum atomic E-state index is 10.1. The van der Waals surface area contributed by atoms with Crippen molar-refractivity contribution < 1.29 is 5.11 Å². The fourth-order valence-corrected chi connectivity index (χ4v) is 2.31. The Balaban J connectivity index is 1.80. The van der Waals surface area contributed by atoms with Gasteiger partial charge in [-0.25, -0.2) is 0 Å². The highest BCUT2D eigenvalue weighted by atomic mass is 35.5. The number of benzene rings is 1. The maximum Gasteiger partial charge on any atom is 0.0929 e. The highest BCUT2D eigenvalue weighted by Crippen LogP contribution is 2.25. The molecule has 0 bridgehead atoms. The molecule has 2 N–H and O–H groups in total. The van der Waals surface area contributed by atoms with Crippen LogP contribution in [0.2, 0.25) is 10.0 Å². The second-order valence-corrected chi connectivity index (χ2v) is 5.30. The summed E-state index contributed by atoms with van der Waals surface area (Å²) in [5.41, 5.74) is 1.67. The summed E-state index contributed by atoms with van der Waals surface area (Å²) in [5.74, 6) is 0. The Labute approximate surface area is 128 Å². The zero-order chi connectivity index (χ0) is 14.4. The summed E-state index contributed by atoms with van der Waals surface area (Å²) in [6, 6.07) is 10.9. The number of pyridine rings is 1. The van der Waals surface area contributed by atoms with Crippen LogP contribution in [0.25, 0.3) is 0 Å². The summed E-state index contributed by atoms with van der Waals surface area (Å²) < 4.78 is 0. The van der Waals surface area contributed by atoms with Crippen molar-refractivity contribution in [3.63, 3.8) is 0 Å². The molecule has 0 radical (unpaired) electrons. The van der Waals surface area contributed by atoms with Crippen molar-refractivity contribution in [2.75, 3.05) is 13.1 Å². The van der Waals surface area contributed by atoms with Crippen molar-refractivity contribution in [3.8, 4) is 0 Å². The van der Waals surface area contributed by atoms with Gasteiger partial charge in [0.05, 0.1) is 6.10 Å². The molecule has 2 rings (SSSR count). The van der Waals surface area contributed by atoms with Gasteiger partial charge < -0.3 is 10.4 Å². The van der Waals surface area contributed by atoms with E-state index in [-0.39, 0.29) is 0 Å². The van der Waals surface area contributed by atoms with Gasteiger partial charge in [0.1, 0.15) is 0 Å². The summed E-state index contributed by atoms with van der Waals surface area (Å²) in [5, 5.41) is 14.4. The minimum Gasteiger partial charge on any atom is -0.387 e. The van der Waals surface area contributed by atoms with Crippen molar-refractivity contribution in [1.82, 2.24) is 10.3 Å². The third-order valence-corrected chi connectivity index (χ3v) is 3.52. The van der Waals surface area contributed by atoms with E-state index in [1.165, 1.54) is 0 Å². The number of aliphatic hydroxyl groups excluding tert-OH is 1. The van der Waals surface area contributed by atoms with Gasteiger partial charge in [-0.1, -0.05) is 29.3 Å². The Morgan fingerprint density at radius 1 is 1.20 bits per heavy atom. The summed E-state index contributed by atoms with van der Waals surface area (Å²) in [7, 11) is 0. The lowest BCUT2D eigenvalue weighted by Gasteiger charge is -2.14. The molecule has 0 amide bonds. The summed E-state index contributed by atoms with van der Waals surface area (Å²) in [6.07, 6.45) is 1.91. The first-order valence-corrected chi connectivity index (χ1v) is 7.16. The molecule has 1 atom stereocenters. The van der Waals surface area contributed by atoms with Crippen LogP contribution < -0.4 is 5.32 Å². The predicted molar refractivity (Wildman–Crippen MR) is 82.2 cm³/mol. The van der Waals surface area contributed by atoms with E-state index in [4.69, 9.17) is 23.2 Å². The molecule has 0 spiro atoms. The molecule has 0 aliphatic heterocycles. The van der Waals surface area contributed by atoms with Gasteiger partial charge in [0.2, 0.25) is 0 Å². The number of halogens is 2. The molecule has 106 valence electrons. The first kappa shape index (κ1) is 15.3. The zero-order valence-electron chi connectivity index (χ0n) is 10.9. The van der Waals surface area contributed by atoms with Crippen molar-refractivity contribution in [3.05, 3.63) is 63.9 Å². The normalized spacial score (nSPS) is 12.3. The van der Waals surface area contributed by atoms with E-state index < -0.39 is 6.10 Å². The molecule has 0 aliphatic carbocycles. The smallest absolute Gasteiger partial charge is 0.0929 e. The lowest BCUT2D eigenvalue weighted by Crippen LogP contribution is -2.24. The van der Waals surface area contributed by atoms with E-state index in [2.05, 4.69) is 10.3 Å². The third kappa shape index (κ3) is 4.46. The topological polar surface area (TPSA) is 45.1 Å². The third-order valence-electron chi connectivity index (χ3n) is 2.94. The molecule has 0 fully saturated rings. The Morgan fingerprint density at radius 3 is 2.80 bits per heavy atom. The van der Waals surface area contributed by atoms with Gasteiger partial charge in [0.25, 0.3) is 0 Å². The van der Waals surface area contributed by atoms with E-state index in [9.17, 15) is 5.11 Å². The van der Waals surface area contributed by atoms with Gasteiger partial charge in [-0.3, -0.25) is 4.98 Å². The number of nitrogens with one attached hydrogen (secondary N) is 1. The van der Waals surface area contributed by atoms with Gasteiger partial charge >= 0.3 is 0 Å². The van der Waals surface area contributed by atoms with Gasteiger partial charge in [-0.15, -0.1) is 0 Å². The van der Waals surface area contributed by atoms with Crippen molar-refractivity contribution in [2.24, 2.45) is 0 Å². The summed E-state index contributed by atoms with van der Waals surface area (Å²) >= 11 is 11.9. The van der Waals surface area contributed by atoms with Crippen LogP contribution in [0.15, 0.2) is 42.6 Å². The highest BCUT2D eigenvalue weighted by Gasteiger charge is 2.11. The van der Waals surface area contributed by atoms with E-state index in [0.29, 0.717) is 22.2 Å². The van der Waals surface area contributed by atoms with Crippen molar-refractivity contribution in [1.29, 1.82) is 0 Å². The second kappa shape index (κ2) is 7.60. The monoisotopic (exact) mass is 310 g/mol. The standard InChI is InChI=1S/C15H16Cl2N2O/c16-11-4-5-14(17)13(9-11)15(20)10-18-8-6-12-3-1-2-7-19-12/h1-5,7,9,15,18,20H,6,8,10H2. The van der Waals surface area contributed by atoms with Crippen LogP contribution in [0, 0.1) is 0 Å². The average molecular weight is 311 g/mol. The van der Waals surface area contributed by atoms with Crippen LogP contribution in [-0.4, -0.2) is 23.2 Å². The molecule has 3 nitrogen and oxygen atoms in total. The number of hydrogen-bond donors (Lipinski definition) is 2. The van der Waals surface area contributed by atoms with Crippen molar-refractivity contribution >= 4 is 23.2 Å². The van der Waals surface area contributed by atoms with E-state index in [0.717, 1.165) is 18.7 Å². The highest BCUT2D eigenvalue weighted by molar-refractivity contribution is 6.33. The van der Waals surface area contributed by atoms with E-state index in [1.54, 1.807) is 24.4 Å². The molecule has 1 heterocycles. The minimum atomic E-state index is -0.676. The Kier molecular flexibility index (Phi) is 5.80. The largest absolute Gasteiger partial charge is 0.387 e. The molecule has 2 aromatic rings. The molecule has 1 aromatic heterocycles. The van der Waals surface area contributed by atoms with Crippen LogP contribution in [0.5, 0.6) is 0 Å². The fraction of sp³-hybridized carbons (Fsp3) is 0.267. The molecule has 0 saturated carbocycles. The SMILES string of the molecule is OC(CNCCc1ccccn1)c1cc(Cl)ccc1Cl. The molecular formula is C15H16Cl2N2O. The van der Waals surface area contributed by atoms with Gasteiger partial charge in [0.15, 0.2) is 0 Å². The number of aromatic nitrogens is 1. The van der Waals surface area contributed by atoms with Gasteiger partial charge in [-0.2, -0.15) is 0 Å². The number of aliphatic hydroxyl groups is 1. The molecule has 5 heteroatoms. The van der Waals surface area contributed by atoms with Crippen LogP contribution in [-0.2, 0) is 6.42 Å². The lowest BCUT2D eigenvalue weighted by atomic mass is 10.1. The maximum absolute atomic E-state index is 10.1. The molecule has 1 aromatic carbocycles. The first-order chi connectivity index (χ1) is 9.66. The Morgan fingerprint density at radius 2 is 2.05 bits per heavy atom. The van der Waals surface area contributed by atoms with E-state index in [1.807, 2.05) is 18.2 Å². The molecule has 20 heavy (non-hydrogen) atoms. The van der Waals surface area contributed by atoms with Crippen LogP contribution in [0.3, 0.4) is 0 Å². The first-order valence-electron chi connectivity index (χ1n) is 6.40. The molecule has 0 saturated heterocycles. The number of nitrogens with zero attached hydrogens (tertiary/aromatic N) is 1.